The molecule has 1 aliphatic carbocycles. The van der Waals surface area contributed by atoms with Crippen LogP contribution in [-0.2, 0) is 13.6 Å². The fourth-order valence-corrected chi connectivity index (χ4v) is 4.76. The number of para-hydroxylation sites is 1. The van der Waals surface area contributed by atoms with Gasteiger partial charge in [-0.25, -0.2) is 23.7 Å². The van der Waals surface area contributed by atoms with Crippen molar-refractivity contribution in [2.75, 3.05) is 24.8 Å². The van der Waals surface area contributed by atoms with Gasteiger partial charge in [0.2, 0.25) is 0 Å². The highest BCUT2D eigenvalue weighted by atomic mass is 19.3. The van der Waals surface area contributed by atoms with E-state index < -0.39 is 5.92 Å². The number of Topliss-reactive ketones (excluding diaryl/α,β-unsaturated/α-hetero) is 1. The van der Waals surface area contributed by atoms with E-state index >= 15 is 0 Å². The third-order valence-electron chi connectivity index (χ3n) is 7.06. The van der Waals surface area contributed by atoms with Crippen molar-refractivity contribution in [2.24, 2.45) is 7.05 Å². The molecule has 2 N–H and O–H groups in total. The smallest absolute Gasteiger partial charge is 0.251 e. The van der Waals surface area contributed by atoms with Crippen LogP contribution in [0.4, 0.5) is 31.8 Å². The van der Waals surface area contributed by atoms with Gasteiger partial charge in [0.1, 0.15) is 18.0 Å². The summed E-state index contributed by atoms with van der Waals surface area (Å²) in [6.07, 6.45) is 4.96. The molecule has 214 valence electrons. The van der Waals surface area contributed by atoms with Crippen LogP contribution in [0.15, 0.2) is 55.1 Å². The van der Waals surface area contributed by atoms with E-state index in [0.29, 0.717) is 58.7 Å². The molecule has 4 aromatic rings. The zero-order chi connectivity index (χ0) is 29.1. The van der Waals surface area contributed by atoms with Crippen molar-refractivity contribution >= 4 is 28.8 Å². The molecule has 3 aromatic heterocycles. The number of rotatable bonds is 11. The molecule has 1 aromatic carbocycles. The summed E-state index contributed by atoms with van der Waals surface area (Å²) in [5.41, 5.74) is 3.25. The van der Waals surface area contributed by atoms with Gasteiger partial charge < -0.3 is 15.4 Å². The minimum Gasteiger partial charge on any atom is -0.494 e. The summed E-state index contributed by atoms with van der Waals surface area (Å²) in [5.74, 6) is -0.526. The number of methoxy groups -OCH3 is 1. The maximum atomic E-state index is 13.2. The minimum absolute atomic E-state index is 0.0658. The van der Waals surface area contributed by atoms with Crippen molar-refractivity contribution in [3.05, 3.63) is 66.2 Å². The fourth-order valence-electron chi connectivity index (χ4n) is 4.76. The Morgan fingerprint density at radius 2 is 1.88 bits per heavy atom. The van der Waals surface area contributed by atoms with Gasteiger partial charge >= 0.3 is 0 Å². The van der Waals surface area contributed by atoms with Crippen molar-refractivity contribution in [1.29, 1.82) is 0 Å². The number of aryl methyl sites for hydroxylation is 1. The number of carbonyl (C=O) groups is 1. The fraction of sp³-hybridized carbons (Fsp3) is 0.345. The van der Waals surface area contributed by atoms with E-state index in [-0.39, 0.29) is 24.7 Å². The second kappa shape index (κ2) is 11.6. The van der Waals surface area contributed by atoms with Crippen LogP contribution in [0.2, 0.25) is 0 Å². The van der Waals surface area contributed by atoms with Crippen LogP contribution in [0.25, 0.3) is 11.4 Å². The molecule has 0 aliphatic heterocycles. The SMILES string of the molecule is CCC(=O)c1cnc(Nc2ccc(CN(C)C3CC(F)(F)C3)cn2)cc1Nc1cccc(-c2ncn(C)n2)c1OC. The lowest BCUT2D eigenvalue weighted by atomic mass is 9.87. The molecular formula is C29H32F2N8O2. The average Bonchev–Trinajstić information content (AvgIpc) is 3.38. The van der Waals surface area contributed by atoms with Gasteiger partial charge in [-0.15, -0.1) is 0 Å². The van der Waals surface area contributed by atoms with E-state index in [1.807, 2.05) is 42.3 Å². The molecule has 10 nitrogen and oxygen atoms in total. The molecule has 0 amide bonds. The third-order valence-corrected chi connectivity index (χ3v) is 7.06. The summed E-state index contributed by atoms with van der Waals surface area (Å²) in [7, 11) is 5.21. The number of carbonyl (C=O) groups excluding carboxylic acids is 1. The first kappa shape index (κ1) is 28.1. The summed E-state index contributed by atoms with van der Waals surface area (Å²) in [6, 6.07) is 10.9. The maximum absolute atomic E-state index is 13.2. The van der Waals surface area contributed by atoms with Crippen molar-refractivity contribution < 1.29 is 18.3 Å². The molecule has 12 heteroatoms. The second-order valence-corrected chi connectivity index (χ2v) is 10.2. The van der Waals surface area contributed by atoms with Crippen LogP contribution in [0.5, 0.6) is 5.75 Å². The summed E-state index contributed by atoms with van der Waals surface area (Å²) in [6.45, 7) is 2.33. The first-order valence-electron chi connectivity index (χ1n) is 13.3. The van der Waals surface area contributed by atoms with Gasteiger partial charge in [0.15, 0.2) is 17.4 Å². The molecule has 0 radical (unpaired) electrons. The number of halogens is 2. The Morgan fingerprint density at radius 1 is 1.10 bits per heavy atom. The molecule has 0 unspecified atom stereocenters. The number of hydrogen-bond donors (Lipinski definition) is 2. The van der Waals surface area contributed by atoms with E-state index in [1.165, 1.54) is 6.20 Å². The lowest BCUT2D eigenvalue weighted by Crippen LogP contribution is -2.48. The lowest BCUT2D eigenvalue weighted by molar-refractivity contribution is -0.121. The number of anilines is 4. The molecule has 1 fully saturated rings. The zero-order valence-electron chi connectivity index (χ0n) is 23.4. The van der Waals surface area contributed by atoms with Crippen LogP contribution in [0.3, 0.4) is 0 Å². The highest BCUT2D eigenvalue weighted by molar-refractivity contribution is 6.02. The number of hydrogen-bond acceptors (Lipinski definition) is 9. The Hall–Kier alpha value is -4.45. The van der Waals surface area contributed by atoms with E-state index in [4.69, 9.17) is 4.74 Å². The van der Waals surface area contributed by atoms with Crippen LogP contribution >= 0.6 is 0 Å². The Morgan fingerprint density at radius 3 is 2.51 bits per heavy atom. The number of nitrogens with zero attached hydrogens (tertiary/aromatic N) is 6. The molecule has 5 rings (SSSR count). The number of ketones is 1. The van der Waals surface area contributed by atoms with Crippen LogP contribution in [-0.4, -0.2) is 61.5 Å². The van der Waals surface area contributed by atoms with Gasteiger partial charge in [-0.05, 0) is 30.8 Å². The zero-order valence-corrected chi connectivity index (χ0v) is 23.4. The monoisotopic (exact) mass is 562 g/mol. The topological polar surface area (TPSA) is 110 Å². The highest BCUT2D eigenvalue weighted by Crippen LogP contribution is 2.40. The molecule has 41 heavy (non-hydrogen) atoms. The summed E-state index contributed by atoms with van der Waals surface area (Å²) in [5, 5.41) is 10.9. The number of benzene rings is 1. The lowest BCUT2D eigenvalue weighted by Gasteiger charge is -2.40. The first-order valence-corrected chi connectivity index (χ1v) is 13.3. The summed E-state index contributed by atoms with van der Waals surface area (Å²) < 4.78 is 33.8. The van der Waals surface area contributed by atoms with E-state index in [1.54, 1.807) is 44.4 Å². The molecule has 1 aliphatic rings. The van der Waals surface area contributed by atoms with Gasteiger partial charge in [-0.2, -0.15) is 5.10 Å². The standard InChI is InChI=1S/C29H32F2N8O2/c1-5-24(40)21-15-33-26(36-25-10-9-18(14-32-25)16-38(2)19-12-29(30,31)13-19)11-23(21)35-22-8-6-7-20(27(22)41-4)28-34-17-39(3)37-28/h6-11,14-15,17,19H,5,12-13,16H2,1-4H3,(H2,32,33,35,36). The Bertz CT molecular complexity index is 1530. The van der Waals surface area contributed by atoms with Gasteiger partial charge in [0.25, 0.3) is 5.92 Å². The summed E-state index contributed by atoms with van der Waals surface area (Å²) >= 11 is 0. The average molecular weight is 563 g/mol. The number of nitrogens with one attached hydrogen (secondary N) is 2. The maximum Gasteiger partial charge on any atom is 0.251 e. The number of ether oxygens (including phenoxy) is 1. The molecule has 0 saturated heterocycles. The molecule has 0 bridgehead atoms. The predicted octanol–water partition coefficient (Wildman–Crippen LogP) is 5.59. The largest absolute Gasteiger partial charge is 0.494 e. The quantitative estimate of drug-likeness (QED) is 0.226. The first-order chi connectivity index (χ1) is 19.7. The van der Waals surface area contributed by atoms with Gasteiger partial charge in [0, 0.05) is 57.4 Å². The molecular weight excluding hydrogens is 530 g/mol. The van der Waals surface area contributed by atoms with Gasteiger partial charge in [-0.1, -0.05) is 19.1 Å². The third kappa shape index (κ3) is 6.32. The Kier molecular flexibility index (Phi) is 7.93. The van der Waals surface area contributed by atoms with Crippen molar-refractivity contribution in [1.82, 2.24) is 29.6 Å². The predicted molar refractivity (Wildman–Crippen MR) is 152 cm³/mol. The Labute approximate surface area is 236 Å². The molecule has 0 spiro atoms. The van der Waals surface area contributed by atoms with Crippen molar-refractivity contribution in [2.45, 2.75) is 44.7 Å². The number of pyridine rings is 2. The second-order valence-electron chi connectivity index (χ2n) is 10.2. The molecule has 0 atom stereocenters. The van der Waals surface area contributed by atoms with Gasteiger partial charge in [-0.3, -0.25) is 14.4 Å². The normalized spacial score (nSPS) is 14.5. The van der Waals surface area contributed by atoms with Crippen molar-refractivity contribution in [3.8, 4) is 17.1 Å². The van der Waals surface area contributed by atoms with Gasteiger partial charge in [0.05, 0.1) is 29.6 Å². The highest BCUT2D eigenvalue weighted by Gasteiger charge is 2.46. The van der Waals surface area contributed by atoms with Crippen LogP contribution in [0, 0.1) is 0 Å². The number of alkyl halides is 2. The van der Waals surface area contributed by atoms with Crippen molar-refractivity contribution in [3.63, 3.8) is 0 Å². The van der Waals surface area contributed by atoms with E-state index in [0.717, 1.165) is 5.56 Å². The molecule has 1 saturated carbocycles. The van der Waals surface area contributed by atoms with Crippen LogP contribution in [0.1, 0.15) is 42.1 Å². The number of aromatic nitrogens is 5. The molecule has 3 heterocycles. The Balaban J connectivity index is 1.35. The van der Waals surface area contributed by atoms with E-state index in [2.05, 4.69) is 30.7 Å². The van der Waals surface area contributed by atoms with Crippen LogP contribution < -0.4 is 15.4 Å². The van der Waals surface area contributed by atoms with E-state index in [9.17, 15) is 13.6 Å². The minimum atomic E-state index is -2.55. The summed E-state index contributed by atoms with van der Waals surface area (Å²) in [4.78, 5) is 27.9.